The number of ether oxygens (including phenoxy) is 2. The highest BCUT2D eigenvalue weighted by atomic mass is 16.6. The number of hydrogen-bond donors (Lipinski definition) is 1. The summed E-state index contributed by atoms with van der Waals surface area (Å²) >= 11 is 0. The zero-order valence-electron chi connectivity index (χ0n) is 9.89. The first-order valence-electron chi connectivity index (χ1n) is 6.29. The van der Waals surface area contributed by atoms with E-state index in [9.17, 15) is 0 Å². The average molecular weight is 234 g/mol. The maximum atomic E-state index is 5.95. The van der Waals surface area contributed by atoms with Gasteiger partial charge in [-0.15, -0.1) is 0 Å². The first-order valence-corrected chi connectivity index (χ1v) is 6.29. The third-order valence-corrected chi connectivity index (χ3v) is 3.53. The molecule has 2 saturated heterocycles. The van der Waals surface area contributed by atoms with Crippen LogP contribution in [0.15, 0.2) is 24.4 Å². The van der Waals surface area contributed by atoms with E-state index in [0.717, 1.165) is 25.9 Å². The quantitative estimate of drug-likeness (QED) is 0.839. The van der Waals surface area contributed by atoms with Crippen molar-refractivity contribution in [2.24, 2.45) is 0 Å². The number of aromatic nitrogens is 1. The molecular formula is C13H18N2O2. The number of piperidine rings is 1. The van der Waals surface area contributed by atoms with Crippen LogP contribution in [0.2, 0.25) is 0 Å². The van der Waals surface area contributed by atoms with Crippen LogP contribution in [0, 0.1) is 0 Å². The lowest BCUT2D eigenvalue weighted by Crippen LogP contribution is -2.45. The number of nitrogens with zero attached hydrogens (tertiary/aromatic N) is 1. The molecule has 0 aromatic carbocycles. The third-order valence-electron chi connectivity index (χ3n) is 3.53. The summed E-state index contributed by atoms with van der Waals surface area (Å²) in [5.74, 6) is 0.696. The predicted molar refractivity (Wildman–Crippen MR) is 64.1 cm³/mol. The van der Waals surface area contributed by atoms with Crippen molar-refractivity contribution < 1.29 is 9.47 Å². The Morgan fingerprint density at radius 3 is 3.24 bits per heavy atom. The Morgan fingerprint density at radius 1 is 1.47 bits per heavy atom. The standard InChI is InChI=1S/C13H18N2O2/c1-2-7-15-12(4-1)17-11-8-13(16-9-11)5-3-6-14-10-13/h1-2,4,7,11,14H,3,5-6,8-10H2/t11-,13+/m0/s1. The van der Waals surface area contributed by atoms with E-state index in [0.29, 0.717) is 12.5 Å². The van der Waals surface area contributed by atoms with Crippen LogP contribution in [0.5, 0.6) is 5.88 Å². The minimum absolute atomic E-state index is 0.0116. The molecule has 0 amide bonds. The minimum atomic E-state index is 0.0116. The van der Waals surface area contributed by atoms with Gasteiger partial charge in [0.25, 0.3) is 0 Å². The Kier molecular flexibility index (Phi) is 2.99. The molecule has 3 heterocycles. The molecule has 4 nitrogen and oxygen atoms in total. The summed E-state index contributed by atoms with van der Waals surface area (Å²) in [6.45, 7) is 2.74. The molecule has 0 aliphatic carbocycles. The van der Waals surface area contributed by atoms with Crippen LogP contribution in [-0.2, 0) is 4.74 Å². The van der Waals surface area contributed by atoms with Crippen LogP contribution in [0.3, 0.4) is 0 Å². The molecule has 1 aromatic rings. The summed E-state index contributed by atoms with van der Waals surface area (Å²) in [4.78, 5) is 4.18. The van der Waals surface area contributed by atoms with E-state index in [2.05, 4.69) is 10.3 Å². The van der Waals surface area contributed by atoms with Gasteiger partial charge in [-0.3, -0.25) is 0 Å². The molecule has 0 bridgehead atoms. The Morgan fingerprint density at radius 2 is 2.47 bits per heavy atom. The highest BCUT2D eigenvalue weighted by Crippen LogP contribution is 2.33. The molecule has 2 atom stereocenters. The van der Waals surface area contributed by atoms with Crippen molar-refractivity contribution in [1.82, 2.24) is 10.3 Å². The smallest absolute Gasteiger partial charge is 0.213 e. The summed E-state index contributed by atoms with van der Waals surface area (Å²) in [5.41, 5.74) is 0.0116. The van der Waals surface area contributed by atoms with Gasteiger partial charge in [-0.25, -0.2) is 4.98 Å². The molecule has 92 valence electrons. The molecule has 1 spiro atoms. The maximum Gasteiger partial charge on any atom is 0.213 e. The summed E-state index contributed by atoms with van der Waals surface area (Å²) in [6, 6.07) is 5.73. The van der Waals surface area contributed by atoms with E-state index >= 15 is 0 Å². The molecule has 3 rings (SSSR count). The lowest BCUT2D eigenvalue weighted by molar-refractivity contribution is -0.0153. The van der Waals surface area contributed by atoms with Crippen molar-refractivity contribution in [3.05, 3.63) is 24.4 Å². The van der Waals surface area contributed by atoms with E-state index in [4.69, 9.17) is 9.47 Å². The van der Waals surface area contributed by atoms with Gasteiger partial charge in [-0.05, 0) is 25.5 Å². The molecule has 0 unspecified atom stereocenters. The lowest BCUT2D eigenvalue weighted by atomic mass is 9.90. The zero-order valence-corrected chi connectivity index (χ0v) is 9.89. The zero-order chi connectivity index (χ0) is 11.6. The summed E-state index contributed by atoms with van der Waals surface area (Å²) in [5, 5.41) is 3.41. The predicted octanol–water partition coefficient (Wildman–Crippen LogP) is 1.37. The monoisotopic (exact) mass is 234 g/mol. The van der Waals surface area contributed by atoms with Gasteiger partial charge in [0.05, 0.1) is 12.2 Å². The SMILES string of the molecule is c1ccc(O[C@@H]2CO[C@]3(CCCNC3)C2)nc1. The second-order valence-electron chi connectivity index (χ2n) is 4.89. The van der Waals surface area contributed by atoms with Crippen molar-refractivity contribution in [3.8, 4) is 5.88 Å². The highest BCUT2D eigenvalue weighted by molar-refractivity contribution is 5.10. The Labute approximate surface area is 101 Å². The van der Waals surface area contributed by atoms with Gasteiger partial charge < -0.3 is 14.8 Å². The molecule has 2 aliphatic rings. The van der Waals surface area contributed by atoms with E-state index in [1.54, 1.807) is 6.20 Å². The van der Waals surface area contributed by atoms with Gasteiger partial charge in [0.15, 0.2) is 0 Å². The van der Waals surface area contributed by atoms with Gasteiger partial charge in [0.2, 0.25) is 5.88 Å². The number of pyridine rings is 1. The summed E-state index contributed by atoms with van der Waals surface area (Å²) in [6.07, 6.45) is 5.20. The average Bonchev–Trinajstić information content (AvgIpc) is 2.74. The molecule has 0 saturated carbocycles. The van der Waals surface area contributed by atoms with Gasteiger partial charge >= 0.3 is 0 Å². The third kappa shape index (κ3) is 2.42. The van der Waals surface area contributed by atoms with Crippen LogP contribution in [0.25, 0.3) is 0 Å². The minimum Gasteiger partial charge on any atom is -0.472 e. The normalized spacial score (nSPS) is 32.8. The van der Waals surface area contributed by atoms with Gasteiger partial charge in [-0.1, -0.05) is 6.07 Å². The maximum absolute atomic E-state index is 5.95. The molecule has 17 heavy (non-hydrogen) atoms. The summed E-state index contributed by atoms with van der Waals surface area (Å²) < 4.78 is 11.8. The van der Waals surface area contributed by atoms with E-state index in [1.165, 1.54) is 6.42 Å². The van der Waals surface area contributed by atoms with Crippen molar-refractivity contribution in [2.45, 2.75) is 31.0 Å². The van der Waals surface area contributed by atoms with Crippen LogP contribution >= 0.6 is 0 Å². The topological polar surface area (TPSA) is 43.4 Å². The molecule has 1 aromatic heterocycles. The van der Waals surface area contributed by atoms with Gasteiger partial charge in [-0.2, -0.15) is 0 Å². The first kappa shape index (κ1) is 11.0. The Balaban J connectivity index is 1.60. The molecule has 0 radical (unpaired) electrons. The van der Waals surface area contributed by atoms with E-state index < -0.39 is 0 Å². The van der Waals surface area contributed by atoms with Crippen LogP contribution in [0.1, 0.15) is 19.3 Å². The molecular weight excluding hydrogens is 216 g/mol. The number of nitrogens with one attached hydrogen (secondary N) is 1. The van der Waals surface area contributed by atoms with Crippen molar-refractivity contribution in [3.63, 3.8) is 0 Å². The highest BCUT2D eigenvalue weighted by Gasteiger charge is 2.42. The number of rotatable bonds is 2. The number of hydrogen-bond acceptors (Lipinski definition) is 4. The largest absolute Gasteiger partial charge is 0.472 e. The fourth-order valence-corrected chi connectivity index (χ4v) is 2.70. The van der Waals surface area contributed by atoms with E-state index in [1.807, 2.05) is 18.2 Å². The van der Waals surface area contributed by atoms with Crippen LogP contribution in [-0.4, -0.2) is 36.4 Å². The first-order chi connectivity index (χ1) is 8.36. The van der Waals surface area contributed by atoms with Gasteiger partial charge in [0.1, 0.15) is 6.10 Å². The Bertz CT molecular complexity index is 363. The second-order valence-corrected chi connectivity index (χ2v) is 4.89. The van der Waals surface area contributed by atoms with E-state index in [-0.39, 0.29) is 11.7 Å². The molecule has 2 fully saturated rings. The van der Waals surface area contributed by atoms with Gasteiger partial charge in [0, 0.05) is 25.2 Å². The summed E-state index contributed by atoms with van der Waals surface area (Å²) in [7, 11) is 0. The van der Waals surface area contributed by atoms with Crippen LogP contribution in [0.4, 0.5) is 0 Å². The van der Waals surface area contributed by atoms with Crippen molar-refractivity contribution in [2.75, 3.05) is 19.7 Å². The molecule has 4 heteroatoms. The fraction of sp³-hybridized carbons (Fsp3) is 0.615. The van der Waals surface area contributed by atoms with Crippen LogP contribution < -0.4 is 10.1 Å². The Hall–Kier alpha value is -1.13. The fourth-order valence-electron chi connectivity index (χ4n) is 2.70. The van der Waals surface area contributed by atoms with Crippen molar-refractivity contribution >= 4 is 0 Å². The molecule has 1 N–H and O–H groups in total. The molecule has 2 aliphatic heterocycles. The van der Waals surface area contributed by atoms with Crippen molar-refractivity contribution in [1.29, 1.82) is 0 Å². The second kappa shape index (κ2) is 4.63. The lowest BCUT2D eigenvalue weighted by Gasteiger charge is -2.32.